The van der Waals surface area contributed by atoms with E-state index in [9.17, 15) is 10.2 Å². The third-order valence-electron chi connectivity index (χ3n) is 3.26. The van der Waals surface area contributed by atoms with Gasteiger partial charge in [-0.05, 0) is 38.8 Å². The minimum atomic E-state index is 0. The Labute approximate surface area is 153 Å². The number of phenolic OH excluding ortho intramolecular Hbond substituents is 2. The van der Waals surface area contributed by atoms with Gasteiger partial charge in [0, 0.05) is 41.3 Å². The van der Waals surface area contributed by atoms with Gasteiger partial charge in [-0.3, -0.25) is 0 Å². The maximum absolute atomic E-state index is 10.1. The first-order chi connectivity index (χ1) is 8.88. The summed E-state index contributed by atoms with van der Waals surface area (Å²) in [7, 11) is 0. The molecule has 3 heteroatoms. The normalized spacial score (nSPS) is 10.0. The van der Waals surface area contributed by atoms with Gasteiger partial charge in [-0.2, -0.15) is 0 Å². The Hall–Kier alpha value is -0.726. The van der Waals surface area contributed by atoms with Gasteiger partial charge in [0.1, 0.15) is 0 Å². The number of phenols is 2. The Morgan fingerprint density at radius 1 is 0.700 bits per heavy atom. The van der Waals surface area contributed by atoms with Crippen LogP contribution in [0.15, 0.2) is 24.3 Å². The van der Waals surface area contributed by atoms with E-state index in [1.165, 1.54) is 0 Å². The number of hydrogen-bond donors (Lipinski definition) is 2. The summed E-state index contributed by atoms with van der Waals surface area (Å²) >= 11 is 0. The van der Waals surface area contributed by atoms with Crippen LogP contribution in [0.5, 0.6) is 11.5 Å². The van der Waals surface area contributed by atoms with Gasteiger partial charge in [0.15, 0.2) is 0 Å². The zero-order valence-electron chi connectivity index (χ0n) is 12.4. The molecule has 0 aliphatic carbocycles. The summed E-state index contributed by atoms with van der Waals surface area (Å²) in [6.07, 6.45) is 1.82. The van der Waals surface area contributed by atoms with E-state index in [4.69, 9.17) is 0 Å². The molecule has 0 bridgehead atoms. The molecule has 0 unspecified atom stereocenters. The van der Waals surface area contributed by atoms with Crippen molar-refractivity contribution in [3.05, 3.63) is 64.1 Å². The van der Waals surface area contributed by atoms with E-state index in [-0.39, 0.29) is 52.8 Å². The van der Waals surface area contributed by atoms with Gasteiger partial charge in [-0.1, -0.05) is 34.4 Å². The molecule has 0 aliphatic heterocycles. The van der Waals surface area contributed by atoms with E-state index in [0.717, 1.165) is 33.4 Å². The van der Waals surface area contributed by atoms with Gasteiger partial charge in [-0.25, -0.2) is 0 Å². The largest absolute Gasteiger partial charge is 0.542 e. The van der Waals surface area contributed by atoms with Crippen LogP contribution in [0.2, 0.25) is 0 Å². The molecule has 103 valence electrons. The predicted octanol–water partition coefficient (Wildman–Crippen LogP) is 3.93. The Balaban J connectivity index is 0.00000200. The van der Waals surface area contributed by atoms with E-state index >= 15 is 0 Å². The molecule has 0 aliphatic rings. The fraction of sp³-hybridized carbons (Fsp3) is 0.235. The van der Waals surface area contributed by atoms with Crippen LogP contribution in [0.25, 0.3) is 0 Å². The first kappa shape index (κ1) is 17.3. The summed E-state index contributed by atoms with van der Waals surface area (Å²) < 4.78 is 0. The monoisotopic (exact) mass is 396 g/mol. The number of benzene rings is 2. The molecule has 0 saturated heterocycles. The SMILES string of the molecule is Cc1cc(C)c(O)c([CH-]c2cc(C)cc(C)c2O)c1.[Pr]. The summed E-state index contributed by atoms with van der Waals surface area (Å²) in [4.78, 5) is 0. The van der Waals surface area contributed by atoms with Crippen LogP contribution in [0, 0.1) is 75.4 Å². The maximum Gasteiger partial charge on any atom is 0.0590 e. The Bertz CT molecular complexity index is 578. The van der Waals surface area contributed by atoms with Crippen molar-refractivity contribution < 1.29 is 51.5 Å². The standard InChI is InChI=1S/C17H19O2.Pr/c1-10-5-12(3)16(18)14(7-10)9-15-8-11(2)6-13(4)17(15)19;/h5-9,18-19H,1-4H3;/q-1;. The molecule has 0 spiro atoms. The van der Waals surface area contributed by atoms with Gasteiger partial charge < -0.3 is 10.2 Å². The van der Waals surface area contributed by atoms with Crippen LogP contribution in [-0.2, 0) is 0 Å². The Morgan fingerprint density at radius 2 is 1.05 bits per heavy atom. The van der Waals surface area contributed by atoms with Crippen LogP contribution in [0.4, 0.5) is 0 Å². The van der Waals surface area contributed by atoms with Crippen molar-refractivity contribution in [1.29, 1.82) is 0 Å². The van der Waals surface area contributed by atoms with Crippen molar-refractivity contribution in [3.8, 4) is 11.5 Å². The van der Waals surface area contributed by atoms with Gasteiger partial charge in [0.25, 0.3) is 0 Å². The zero-order valence-corrected chi connectivity index (χ0v) is 16.1. The number of hydrogen-bond acceptors (Lipinski definition) is 2. The van der Waals surface area contributed by atoms with Crippen LogP contribution in [-0.4, -0.2) is 10.2 Å². The summed E-state index contributed by atoms with van der Waals surface area (Å²) in [5, 5.41) is 20.2. The molecule has 1 radical (unpaired) electrons. The molecule has 0 aromatic heterocycles. The summed E-state index contributed by atoms with van der Waals surface area (Å²) in [5.41, 5.74) is 5.33. The fourth-order valence-corrected chi connectivity index (χ4v) is 2.37. The second kappa shape index (κ2) is 6.82. The molecule has 2 rings (SSSR count). The van der Waals surface area contributed by atoms with Crippen molar-refractivity contribution in [1.82, 2.24) is 0 Å². The first-order valence-electron chi connectivity index (χ1n) is 6.33. The van der Waals surface area contributed by atoms with Crippen molar-refractivity contribution in [3.63, 3.8) is 0 Å². The smallest absolute Gasteiger partial charge is 0.0590 e. The van der Waals surface area contributed by atoms with E-state index in [0.29, 0.717) is 0 Å². The van der Waals surface area contributed by atoms with Crippen molar-refractivity contribution >= 4 is 0 Å². The Kier molecular flexibility index (Phi) is 5.91. The van der Waals surface area contributed by atoms with E-state index in [1.54, 1.807) is 0 Å². The van der Waals surface area contributed by atoms with Crippen LogP contribution in [0.1, 0.15) is 33.4 Å². The zero-order chi connectivity index (χ0) is 14.2. The summed E-state index contributed by atoms with van der Waals surface area (Å²) in [6, 6.07) is 7.71. The molecule has 2 N–H and O–H groups in total. The summed E-state index contributed by atoms with van der Waals surface area (Å²) in [5.74, 6) is 0.535. The molecule has 2 aromatic rings. The first-order valence-corrected chi connectivity index (χ1v) is 6.33. The minimum absolute atomic E-state index is 0. The molecular weight excluding hydrogens is 377 g/mol. The average molecular weight is 396 g/mol. The van der Waals surface area contributed by atoms with E-state index in [1.807, 2.05) is 58.4 Å². The molecule has 0 heterocycles. The van der Waals surface area contributed by atoms with Crippen molar-refractivity contribution in [2.75, 3.05) is 0 Å². The van der Waals surface area contributed by atoms with Crippen LogP contribution >= 0.6 is 0 Å². The van der Waals surface area contributed by atoms with E-state index in [2.05, 4.69) is 0 Å². The molecule has 0 saturated carbocycles. The van der Waals surface area contributed by atoms with Crippen LogP contribution in [0.3, 0.4) is 0 Å². The van der Waals surface area contributed by atoms with E-state index < -0.39 is 0 Å². The number of rotatable bonds is 2. The molecule has 20 heavy (non-hydrogen) atoms. The molecule has 2 aromatic carbocycles. The summed E-state index contributed by atoms with van der Waals surface area (Å²) in [6.45, 7) is 7.73. The topological polar surface area (TPSA) is 40.5 Å². The quantitative estimate of drug-likeness (QED) is 0.756. The van der Waals surface area contributed by atoms with Crippen molar-refractivity contribution in [2.45, 2.75) is 27.7 Å². The number of aryl methyl sites for hydroxylation is 4. The average Bonchev–Trinajstić information content (AvgIpc) is 2.31. The molecular formula is C17H19O2Pr-. The fourth-order valence-electron chi connectivity index (χ4n) is 2.37. The maximum atomic E-state index is 10.1. The third-order valence-corrected chi connectivity index (χ3v) is 3.26. The predicted molar refractivity (Wildman–Crippen MR) is 77.7 cm³/mol. The third kappa shape index (κ3) is 3.68. The second-order valence-corrected chi connectivity index (χ2v) is 5.18. The Morgan fingerprint density at radius 3 is 1.40 bits per heavy atom. The van der Waals surface area contributed by atoms with Crippen molar-refractivity contribution in [2.24, 2.45) is 0 Å². The van der Waals surface area contributed by atoms with Gasteiger partial charge >= 0.3 is 0 Å². The molecule has 0 fully saturated rings. The molecule has 0 atom stereocenters. The van der Waals surface area contributed by atoms with Gasteiger partial charge in [-0.15, -0.1) is 18.6 Å². The molecule has 0 amide bonds. The second-order valence-electron chi connectivity index (χ2n) is 5.18. The molecule has 2 nitrogen and oxygen atoms in total. The number of aromatic hydroxyl groups is 2. The van der Waals surface area contributed by atoms with Gasteiger partial charge in [0.05, 0.1) is 11.5 Å². The van der Waals surface area contributed by atoms with Crippen LogP contribution < -0.4 is 0 Å². The van der Waals surface area contributed by atoms with Gasteiger partial charge in [0.2, 0.25) is 0 Å². The minimum Gasteiger partial charge on any atom is -0.542 e.